The minimum absolute atomic E-state index is 0.616. The van der Waals surface area contributed by atoms with Gasteiger partial charge in [-0.05, 0) is 50.3 Å². The zero-order valence-electron chi connectivity index (χ0n) is 10.8. The van der Waals surface area contributed by atoms with Crippen LogP contribution < -0.4 is 10.2 Å². The molecule has 2 fully saturated rings. The highest BCUT2D eigenvalue weighted by Crippen LogP contribution is 2.28. The Morgan fingerprint density at radius 2 is 2.33 bits per heavy atom. The summed E-state index contributed by atoms with van der Waals surface area (Å²) in [5.74, 6) is 0.872. The predicted molar refractivity (Wildman–Crippen MR) is 75.3 cm³/mol. The molecule has 98 valence electrons. The molecule has 1 N–H and O–H groups in total. The van der Waals surface area contributed by atoms with E-state index < -0.39 is 0 Å². The van der Waals surface area contributed by atoms with E-state index in [0.717, 1.165) is 24.6 Å². The van der Waals surface area contributed by atoms with Crippen LogP contribution in [0.4, 0.5) is 5.69 Å². The van der Waals surface area contributed by atoms with Crippen molar-refractivity contribution in [1.29, 1.82) is 0 Å². The maximum Gasteiger partial charge on any atom is 0.132 e. The number of anilines is 1. The number of halogens is 1. The maximum absolute atomic E-state index is 6.00. The van der Waals surface area contributed by atoms with Crippen molar-refractivity contribution in [3.05, 3.63) is 23.0 Å². The molecule has 18 heavy (non-hydrogen) atoms. The van der Waals surface area contributed by atoms with Crippen LogP contribution in [0.1, 0.15) is 24.8 Å². The Morgan fingerprint density at radius 3 is 3.17 bits per heavy atom. The lowest BCUT2D eigenvalue weighted by Gasteiger charge is -2.26. The number of aryl methyl sites for hydroxylation is 1. The lowest BCUT2D eigenvalue weighted by atomic mass is 9.97. The van der Waals surface area contributed by atoms with E-state index in [0.29, 0.717) is 11.2 Å². The molecule has 3 nitrogen and oxygen atoms in total. The van der Waals surface area contributed by atoms with E-state index in [1.54, 1.807) is 0 Å². The molecule has 0 radical (unpaired) electrons. The molecule has 1 aromatic heterocycles. The minimum atomic E-state index is 0.616. The van der Waals surface area contributed by atoms with Gasteiger partial charge < -0.3 is 10.2 Å². The van der Waals surface area contributed by atoms with Gasteiger partial charge in [0.15, 0.2) is 0 Å². The van der Waals surface area contributed by atoms with Crippen molar-refractivity contribution in [2.24, 2.45) is 5.92 Å². The Morgan fingerprint density at radius 1 is 1.44 bits per heavy atom. The Bertz CT molecular complexity index is 435. The second-order valence-corrected chi connectivity index (χ2v) is 5.86. The molecule has 2 aliphatic heterocycles. The van der Waals surface area contributed by atoms with E-state index in [1.165, 1.54) is 31.5 Å². The van der Waals surface area contributed by atoms with Crippen molar-refractivity contribution in [3.8, 4) is 0 Å². The van der Waals surface area contributed by atoms with Crippen LogP contribution in [-0.2, 0) is 0 Å². The van der Waals surface area contributed by atoms with Crippen molar-refractivity contribution in [1.82, 2.24) is 10.3 Å². The summed E-state index contributed by atoms with van der Waals surface area (Å²) in [6.45, 7) is 5.44. The lowest BCUT2D eigenvalue weighted by Crippen LogP contribution is -2.38. The molecule has 4 heteroatoms. The van der Waals surface area contributed by atoms with E-state index in [2.05, 4.69) is 21.3 Å². The van der Waals surface area contributed by atoms with Gasteiger partial charge in [0.05, 0.1) is 11.9 Å². The first kappa shape index (κ1) is 12.2. The summed E-state index contributed by atoms with van der Waals surface area (Å²) in [4.78, 5) is 6.73. The van der Waals surface area contributed by atoms with Crippen LogP contribution in [-0.4, -0.2) is 30.7 Å². The second-order valence-electron chi connectivity index (χ2n) is 5.50. The molecule has 0 aromatic carbocycles. The first-order valence-corrected chi connectivity index (χ1v) is 7.22. The van der Waals surface area contributed by atoms with Gasteiger partial charge in [-0.25, -0.2) is 4.98 Å². The molecule has 0 aliphatic carbocycles. The van der Waals surface area contributed by atoms with Gasteiger partial charge in [0.1, 0.15) is 5.15 Å². The smallest absolute Gasteiger partial charge is 0.132 e. The largest absolute Gasteiger partial charge is 0.369 e. The average Bonchev–Trinajstić information content (AvgIpc) is 2.70. The van der Waals surface area contributed by atoms with Crippen molar-refractivity contribution < 1.29 is 0 Å². The molecular weight excluding hydrogens is 246 g/mol. The van der Waals surface area contributed by atoms with Crippen LogP contribution in [0.25, 0.3) is 0 Å². The first-order valence-electron chi connectivity index (χ1n) is 6.84. The molecule has 3 heterocycles. The maximum atomic E-state index is 6.00. The van der Waals surface area contributed by atoms with Crippen LogP contribution in [0.5, 0.6) is 0 Å². The van der Waals surface area contributed by atoms with Crippen molar-refractivity contribution >= 4 is 17.3 Å². The zero-order valence-corrected chi connectivity index (χ0v) is 11.6. The molecule has 2 unspecified atom stereocenters. The fourth-order valence-electron chi connectivity index (χ4n) is 3.20. The molecular formula is C14H20ClN3. The highest BCUT2D eigenvalue weighted by Gasteiger charge is 2.30. The Kier molecular flexibility index (Phi) is 3.44. The number of nitrogens with zero attached hydrogens (tertiary/aromatic N) is 2. The highest BCUT2D eigenvalue weighted by molar-refractivity contribution is 6.30. The van der Waals surface area contributed by atoms with Gasteiger partial charge in [-0.3, -0.25) is 0 Å². The predicted octanol–water partition coefficient (Wildman–Crippen LogP) is 2.62. The molecule has 2 atom stereocenters. The number of aromatic nitrogens is 1. The average molecular weight is 266 g/mol. The van der Waals surface area contributed by atoms with Crippen LogP contribution in [0.2, 0.25) is 5.15 Å². The third-order valence-corrected chi connectivity index (χ3v) is 4.67. The number of rotatable bonds is 1. The first-order chi connectivity index (χ1) is 8.74. The fraction of sp³-hybridized carbons (Fsp3) is 0.643. The van der Waals surface area contributed by atoms with Crippen LogP contribution in [0, 0.1) is 12.8 Å². The standard InChI is InChI=1S/C14H20ClN3/c1-10-7-12(8-17-14(10)15)18-6-2-3-11-4-5-16-13(11)9-18/h7-8,11,13,16H,2-6,9H2,1H3. The number of hydrogen-bond donors (Lipinski definition) is 1. The lowest BCUT2D eigenvalue weighted by molar-refractivity contribution is 0.445. The molecule has 3 rings (SSSR count). The van der Waals surface area contributed by atoms with E-state index in [9.17, 15) is 0 Å². The Labute approximate surface area is 114 Å². The van der Waals surface area contributed by atoms with Gasteiger partial charge in [0, 0.05) is 19.1 Å². The van der Waals surface area contributed by atoms with Crippen molar-refractivity contribution in [3.63, 3.8) is 0 Å². The fourth-order valence-corrected chi connectivity index (χ4v) is 3.31. The van der Waals surface area contributed by atoms with Gasteiger partial charge >= 0.3 is 0 Å². The quantitative estimate of drug-likeness (QED) is 0.792. The second kappa shape index (κ2) is 5.06. The van der Waals surface area contributed by atoms with Crippen molar-refractivity contribution in [2.75, 3.05) is 24.5 Å². The molecule has 0 bridgehead atoms. The van der Waals surface area contributed by atoms with Crippen LogP contribution in [0.3, 0.4) is 0 Å². The summed E-state index contributed by atoms with van der Waals surface area (Å²) >= 11 is 6.00. The number of fused-ring (bicyclic) bond motifs is 1. The van der Waals surface area contributed by atoms with Crippen LogP contribution in [0.15, 0.2) is 12.3 Å². The SMILES string of the molecule is Cc1cc(N2CCCC3CCNC3C2)cnc1Cl. The third-order valence-electron chi connectivity index (χ3n) is 4.28. The van der Waals surface area contributed by atoms with E-state index >= 15 is 0 Å². The van der Waals surface area contributed by atoms with Crippen LogP contribution >= 0.6 is 11.6 Å². The van der Waals surface area contributed by atoms with Gasteiger partial charge in [-0.2, -0.15) is 0 Å². The summed E-state index contributed by atoms with van der Waals surface area (Å²) in [5, 5.41) is 4.25. The van der Waals surface area contributed by atoms with Gasteiger partial charge in [0.25, 0.3) is 0 Å². The van der Waals surface area contributed by atoms with Gasteiger partial charge in [-0.1, -0.05) is 11.6 Å². The molecule has 1 aromatic rings. The Hall–Kier alpha value is -0.800. The van der Waals surface area contributed by atoms with E-state index in [1.807, 2.05) is 13.1 Å². The molecule has 2 aliphatic rings. The third kappa shape index (κ3) is 2.34. The molecule has 0 amide bonds. The minimum Gasteiger partial charge on any atom is -0.369 e. The van der Waals surface area contributed by atoms with Gasteiger partial charge in [0.2, 0.25) is 0 Å². The highest BCUT2D eigenvalue weighted by atomic mass is 35.5. The summed E-state index contributed by atoms with van der Waals surface area (Å²) in [5.41, 5.74) is 2.28. The summed E-state index contributed by atoms with van der Waals surface area (Å²) in [7, 11) is 0. The van der Waals surface area contributed by atoms with E-state index in [-0.39, 0.29) is 0 Å². The normalized spacial score (nSPS) is 28.0. The monoisotopic (exact) mass is 265 g/mol. The summed E-state index contributed by atoms with van der Waals surface area (Å²) in [6.07, 6.45) is 5.89. The topological polar surface area (TPSA) is 28.2 Å². The van der Waals surface area contributed by atoms with Crippen molar-refractivity contribution in [2.45, 2.75) is 32.2 Å². The summed E-state index contributed by atoms with van der Waals surface area (Å²) in [6, 6.07) is 2.81. The number of pyridine rings is 1. The molecule has 2 saturated heterocycles. The number of nitrogens with one attached hydrogen (secondary N) is 1. The summed E-state index contributed by atoms with van der Waals surface area (Å²) < 4.78 is 0. The Balaban J connectivity index is 1.80. The van der Waals surface area contributed by atoms with E-state index in [4.69, 9.17) is 11.6 Å². The molecule has 0 spiro atoms. The van der Waals surface area contributed by atoms with Gasteiger partial charge in [-0.15, -0.1) is 0 Å². The number of hydrogen-bond acceptors (Lipinski definition) is 3. The zero-order chi connectivity index (χ0) is 12.5. The molecule has 0 saturated carbocycles.